The molecular formula is C26H35N5O2. The summed E-state index contributed by atoms with van der Waals surface area (Å²) in [4.78, 5) is 31.6. The minimum atomic E-state index is 0.271. The fraction of sp³-hybridized carbons (Fsp3) is 0.615. The first kappa shape index (κ1) is 22.3. The molecule has 1 atom stereocenters. The van der Waals surface area contributed by atoms with Gasteiger partial charge in [-0.05, 0) is 64.0 Å². The second-order valence-electron chi connectivity index (χ2n) is 9.64. The van der Waals surface area contributed by atoms with Gasteiger partial charge in [-0.2, -0.15) is 0 Å². The number of hydrogen-bond acceptors (Lipinski definition) is 6. The van der Waals surface area contributed by atoms with Gasteiger partial charge in [-0.3, -0.25) is 9.78 Å². The van der Waals surface area contributed by atoms with Gasteiger partial charge in [0.05, 0.1) is 18.3 Å². The van der Waals surface area contributed by atoms with Crippen LogP contribution in [-0.2, 0) is 22.5 Å². The molecule has 0 aromatic carbocycles. The molecular weight excluding hydrogens is 414 g/mol. The number of likely N-dealkylation sites (tertiary alicyclic amines) is 1. The number of rotatable bonds is 6. The van der Waals surface area contributed by atoms with E-state index in [1.807, 2.05) is 23.2 Å². The molecule has 5 heterocycles. The Morgan fingerprint density at radius 3 is 2.76 bits per heavy atom. The van der Waals surface area contributed by atoms with Gasteiger partial charge in [0, 0.05) is 56.0 Å². The van der Waals surface area contributed by atoms with Gasteiger partial charge in [-0.15, -0.1) is 0 Å². The summed E-state index contributed by atoms with van der Waals surface area (Å²) in [5.74, 6) is 2.62. The first-order valence-electron chi connectivity index (χ1n) is 12.6. The van der Waals surface area contributed by atoms with E-state index in [4.69, 9.17) is 14.7 Å². The fourth-order valence-electron chi connectivity index (χ4n) is 5.43. The maximum Gasteiger partial charge on any atom is 0.222 e. The van der Waals surface area contributed by atoms with E-state index in [1.54, 1.807) is 0 Å². The molecule has 7 heteroatoms. The number of aromatic nitrogens is 3. The SMILES string of the molecule is Cc1nc(C2CCN(C(=O)CCC3CCCO3)CC2)nc2c1CCCN2Cc1ccccn1. The molecule has 3 aliphatic heterocycles. The van der Waals surface area contributed by atoms with Gasteiger partial charge in [0.15, 0.2) is 0 Å². The number of aryl methyl sites for hydroxylation is 1. The van der Waals surface area contributed by atoms with E-state index in [2.05, 4.69) is 22.9 Å². The average Bonchev–Trinajstić information content (AvgIpc) is 3.37. The van der Waals surface area contributed by atoms with Crippen molar-refractivity contribution in [1.29, 1.82) is 0 Å². The third-order valence-electron chi connectivity index (χ3n) is 7.36. The summed E-state index contributed by atoms with van der Waals surface area (Å²) in [6.45, 7) is 6.35. The van der Waals surface area contributed by atoms with Crippen LogP contribution in [0.1, 0.15) is 73.6 Å². The van der Waals surface area contributed by atoms with Crippen LogP contribution in [0.25, 0.3) is 0 Å². The van der Waals surface area contributed by atoms with Crippen molar-refractivity contribution in [2.24, 2.45) is 0 Å². The van der Waals surface area contributed by atoms with Crippen molar-refractivity contribution in [3.8, 4) is 0 Å². The highest BCUT2D eigenvalue weighted by Crippen LogP contribution is 2.33. The van der Waals surface area contributed by atoms with Crippen LogP contribution >= 0.6 is 0 Å². The van der Waals surface area contributed by atoms with Crippen LogP contribution in [0.4, 0.5) is 5.82 Å². The summed E-state index contributed by atoms with van der Waals surface area (Å²) >= 11 is 0. The highest BCUT2D eigenvalue weighted by Gasteiger charge is 2.29. The first-order chi connectivity index (χ1) is 16.2. The molecule has 3 aliphatic rings. The van der Waals surface area contributed by atoms with Crippen LogP contribution in [0.3, 0.4) is 0 Å². The third-order valence-corrected chi connectivity index (χ3v) is 7.36. The first-order valence-corrected chi connectivity index (χ1v) is 12.6. The Morgan fingerprint density at radius 2 is 2.00 bits per heavy atom. The number of hydrogen-bond donors (Lipinski definition) is 0. The maximum atomic E-state index is 12.7. The van der Waals surface area contributed by atoms with Gasteiger partial charge >= 0.3 is 0 Å². The molecule has 33 heavy (non-hydrogen) atoms. The Balaban J connectivity index is 1.23. The van der Waals surface area contributed by atoms with E-state index >= 15 is 0 Å². The van der Waals surface area contributed by atoms with Crippen molar-refractivity contribution < 1.29 is 9.53 Å². The smallest absolute Gasteiger partial charge is 0.222 e. The van der Waals surface area contributed by atoms with E-state index in [0.29, 0.717) is 12.3 Å². The zero-order valence-electron chi connectivity index (χ0n) is 19.7. The molecule has 2 aromatic rings. The molecule has 7 nitrogen and oxygen atoms in total. The number of amides is 1. The predicted molar refractivity (Wildman–Crippen MR) is 127 cm³/mol. The maximum absolute atomic E-state index is 12.7. The number of anilines is 1. The molecule has 1 amide bonds. The van der Waals surface area contributed by atoms with Gasteiger partial charge < -0.3 is 14.5 Å². The number of carbonyl (C=O) groups is 1. The van der Waals surface area contributed by atoms with Gasteiger partial charge in [-0.1, -0.05) is 6.07 Å². The lowest BCUT2D eigenvalue weighted by Gasteiger charge is -2.34. The van der Waals surface area contributed by atoms with Crippen molar-refractivity contribution in [3.05, 3.63) is 47.2 Å². The molecule has 0 saturated carbocycles. The summed E-state index contributed by atoms with van der Waals surface area (Å²) in [7, 11) is 0. The van der Waals surface area contributed by atoms with E-state index < -0.39 is 0 Å². The second-order valence-corrected chi connectivity index (χ2v) is 9.64. The Morgan fingerprint density at radius 1 is 1.12 bits per heavy atom. The normalized spacial score (nSPS) is 21.3. The number of piperidine rings is 1. The number of pyridine rings is 1. The molecule has 2 aromatic heterocycles. The van der Waals surface area contributed by atoms with Crippen molar-refractivity contribution in [3.63, 3.8) is 0 Å². The molecule has 0 N–H and O–H groups in total. The minimum Gasteiger partial charge on any atom is -0.378 e. The van der Waals surface area contributed by atoms with E-state index in [-0.39, 0.29) is 12.0 Å². The Labute approximate surface area is 196 Å². The van der Waals surface area contributed by atoms with Crippen molar-refractivity contribution >= 4 is 11.7 Å². The van der Waals surface area contributed by atoms with E-state index in [1.165, 1.54) is 5.56 Å². The van der Waals surface area contributed by atoms with Crippen molar-refractivity contribution in [1.82, 2.24) is 19.9 Å². The molecule has 2 saturated heterocycles. The average molecular weight is 450 g/mol. The van der Waals surface area contributed by atoms with Crippen LogP contribution < -0.4 is 4.90 Å². The molecule has 1 unspecified atom stereocenters. The molecule has 0 radical (unpaired) electrons. The van der Waals surface area contributed by atoms with Crippen molar-refractivity contribution in [2.75, 3.05) is 31.1 Å². The summed E-state index contributed by atoms with van der Waals surface area (Å²) in [6, 6.07) is 6.08. The highest BCUT2D eigenvalue weighted by atomic mass is 16.5. The standard InChI is InChI=1S/C26H35N5O2/c1-19-23-8-4-14-31(18-21-6-2-3-13-27-21)26(23)29-25(28-19)20-11-15-30(16-12-20)24(32)10-9-22-7-5-17-33-22/h2-3,6,13,20,22H,4-5,7-12,14-18H2,1H3. The Kier molecular flexibility index (Phi) is 6.85. The molecule has 0 aliphatic carbocycles. The van der Waals surface area contributed by atoms with Crippen molar-refractivity contribution in [2.45, 2.75) is 76.9 Å². The quantitative estimate of drug-likeness (QED) is 0.668. The van der Waals surface area contributed by atoms with Crippen LogP contribution in [-0.4, -0.2) is 58.1 Å². The number of fused-ring (bicyclic) bond motifs is 1. The fourth-order valence-corrected chi connectivity index (χ4v) is 5.43. The summed E-state index contributed by atoms with van der Waals surface area (Å²) in [6.07, 6.45) is 9.86. The monoisotopic (exact) mass is 449 g/mol. The lowest BCUT2D eigenvalue weighted by molar-refractivity contribution is -0.132. The third kappa shape index (κ3) is 5.18. The molecule has 0 spiro atoms. The lowest BCUT2D eigenvalue weighted by Crippen LogP contribution is -2.38. The predicted octanol–water partition coefficient (Wildman–Crippen LogP) is 3.80. The van der Waals surface area contributed by atoms with Crippen LogP contribution in [0, 0.1) is 6.92 Å². The Bertz CT molecular complexity index is 953. The molecule has 0 bridgehead atoms. The number of carbonyl (C=O) groups excluding carboxylic acids is 1. The summed E-state index contributed by atoms with van der Waals surface area (Å²) in [5.41, 5.74) is 3.46. The molecule has 176 valence electrons. The van der Waals surface area contributed by atoms with Crippen LogP contribution in [0.5, 0.6) is 0 Å². The van der Waals surface area contributed by atoms with Crippen LogP contribution in [0.15, 0.2) is 24.4 Å². The molecule has 5 rings (SSSR count). The van der Waals surface area contributed by atoms with Gasteiger partial charge in [0.2, 0.25) is 5.91 Å². The van der Waals surface area contributed by atoms with E-state index in [9.17, 15) is 4.79 Å². The number of ether oxygens (including phenoxy) is 1. The lowest BCUT2D eigenvalue weighted by atomic mass is 9.94. The molecule has 2 fully saturated rings. The summed E-state index contributed by atoms with van der Waals surface area (Å²) < 4.78 is 5.67. The zero-order chi connectivity index (χ0) is 22.6. The summed E-state index contributed by atoms with van der Waals surface area (Å²) in [5, 5.41) is 0. The van der Waals surface area contributed by atoms with Crippen LogP contribution in [0.2, 0.25) is 0 Å². The topological polar surface area (TPSA) is 71.5 Å². The highest BCUT2D eigenvalue weighted by molar-refractivity contribution is 5.76. The van der Waals surface area contributed by atoms with Gasteiger partial charge in [0.1, 0.15) is 11.6 Å². The van der Waals surface area contributed by atoms with E-state index in [0.717, 1.165) is 101 Å². The minimum absolute atomic E-state index is 0.271. The Hall–Kier alpha value is -2.54. The largest absolute Gasteiger partial charge is 0.378 e. The van der Waals surface area contributed by atoms with Gasteiger partial charge in [-0.25, -0.2) is 9.97 Å². The van der Waals surface area contributed by atoms with Gasteiger partial charge in [0.25, 0.3) is 0 Å². The number of nitrogens with zero attached hydrogens (tertiary/aromatic N) is 5. The second kappa shape index (κ2) is 10.2. The zero-order valence-corrected chi connectivity index (χ0v) is 19.7.